The van der Waals surface area contributed by atoms with E-state index in [1.807, 2.05) is 13.0 Å². The first kappa shape index (κ1) is 19.8. The van der Waals surface area contributed by atoms with Crippen molar-refractivity contribution in [2.45, 2.75) is 44.6 Å². The van der Waals surface area contributed by atoms with E-state index in [-0.39, 0.29) is 40.0 Å². The van der Waals surface area contributed by atoms with Crippen molar-refractivity contribution in [2.75, 3.05) is 6.61 Å². The van der Waals surface area contributed by atoms with E-state index in [1.54, 1.807) is 12.4 Å². The molecular formula is C22H22ClFN2O3. The van der Waals surface area contributed by atoms with Crippen LogP contribution in [0.2, 0.25) is 5.02 Å². The lowest BCUT2D eigenvalue weighted by Gasteiger charge is -2.70. The molecule has 0 radical (unpaired) electrons. The van der Waals surface area contributed by atoms with Crippen LogP contribution < -0.4 is 10.1 Å². The van der Waals surface area contributed by atoms with Crippen LogP contribution in [-0.4, -0.2) is 28.8 Å². The van der Waals surface area contributed by atoms with Gasteiger partial charge in [0.25, 0.3) is 5.91 Å². The SMILES string of the molecule is CCc1cncc(C(=O)CC23CC(NC(=O)COc4ccc(Cl)c(F)c4)(C2)C3)c1. The number of carbonyl (C=O) groups excluding carboxylic acids is 2. The lowest BCUT2D eigenvalue weighted by atomic mass is 9.38. The summed E-state index contributed by atoms with van der Waals surface area (Å²) >= 11 is 5.63. The lowest BCUT2D eigenvalue weighted by molar-refractivity contribution is -0.164. The average molecular weight is 417 g/mol. The Balaban J connectivity index is 1.24. The number of carbonyl (C=O) groups is 2. The third-order valence-corrected chi connectivity index (χ3v) is 6.17. The minimum Gasteiger partial charge on any atom is -0.484 e. The Morgan fingerprint density at radius 2 is 2.00 bits per heavy atom. The number of benzene rings is 1. The van der Waals surface area contributed by atoms with Crippen LogP contribution in [0.25, 0.3) is 0 Å². The summed E-state index contributed by atoms with van der Waals surface area (Å²) in [7, 11) is 0. The van der Waals surface area contributed by atoms with Crippen molar-refractivity contribution >= 4 is 23.3 Å². The highest BCUT2D eigenvalue weighted by atomic mass is 35.5. The molecule has 2 aromatic rings. The quantitative estimate of drug-likeness (QED) is 0.657. The topological polar surface area (TPSA) is 68.3 Å². The molecule has 5 nitrogen and oxygen atoms in total. The molecule has 1 amide bonds. The van der Waals surface area contributed by atoms with Crippen molar-refractivity contribution in [3.63, 3.8) is 0 Å². The number of Topliss-reactive ketones (excluding diaryl/α,β-unsaturated/α-hetero) is 1. The van der Waals surface area contributed by atoms with Crippen molar-refractivity contribution < 1.29 is 18.7 Å². The largest absolute Gasteiger partial charge is 0.484 e. The fourth-order valence-electron chi connectivity index (χ4n) is 4.64. The average Bonchev–Trinajstić information content (AvgIpc) is 2.66. The highest BCUT2D eigenvalue weighted by Gasteiger charge is 2.68. The van der Waals surface area contributed by atoms with Gasteiger partial charge in [-0.3, -0.25) is 14.6 Å². The van der Waals surface area contributed by atoms with Gasteiger partial charge in [-0.2, -0.15) is 0 Å². The molecule has 0 spiro atoms. The van der Waals surface area contributed by atoms with Crippen LogP contribution in [0.4, 0.5) is 4.39 Å². The molecular weight excluding hydrogens is 395 g/mol. The maximum Gasteiger partial charge on any atom is 0.258 e. The first-order valence-electron chi connectivity index (χ1n) is 9.68. The highest BCUT2D eigenvalue weighted by Crippen LogP contribution is 2.69. The summed E-state index contributed by atoms with van der Waals surface area (Å²) in [6.45, 7) is 1.84. The Kier molecular flexibility index (Phi) is 5.07. The number of aromatic nitrogens is 1. The van der Waals surface area contributed by atoms with E-state index in [1.165, 1.54) is 12.1 Å². The van der Waals surface area contributed by atoms with E-state index in [2.05, 4.69) is 10.3 Å². The molecule has 7 heteroatoms. The van der Waals surface area contributed by atoms with E-state index in [0.29, 0.717) is 12.0 Å². The molecule has 0 aliphatic heterocycles. The van der Waals surface area contributed by atoms with Gasteiger partial charge < -0.3 is 10.1 Å². The Morgan fingerprint density at radius 1 is 1.24 bits per heavy atom. The first-order chi connectivity index (χ1) is 13.8. The van der Waals surface area contributed by atoms with Gasteiger partial charge >= 0.3 is 0 Å². The molecule has 1 heterocycles. The molecule has 29 heavy (non-hydrogen) atoms. The monoisotopic (exact) mass is 416 g/mol. The number of pyridine rings is 1. The second-order valence-corrected chi connectivity index (χ2v) is 8.67. The minimum atomic E-state index is -0.588. The third-order valence-electron chi connectivity index (χ3n) is 5.87. The molecule has 3 aliphatic carbocycles. The summed E-state index contributed by atoms with van der Waals surface area (Å²) in [5, 5.41) is 3.01. The van der Waals surface area contributed by atoms with Gasteiger partial charge in [0.05, 0.1) is 5.02 Å². The molecule has 152 valence electrons. The van der Waals surface area contributed by atoms with E-state index in [9.17, 15) is 14.0 Å². The Hall–Kier alpha value is -2.47. The molecule has 3 fully saturated rings. The Bertz CT molecular complexity index is 959. The van der Waals surface area contributed by atoms with Gasteiger partial charge in [-0.15, -0.1) is 0 Å². The van der Waals surface area contributed by atoms with Crippen molar-refractivity contribution in [3.8, 4) is 5.75 Å². The van der Waals surface area contributed by atoms with E-state index in [4.69, 9.17) is 16.3 Å². The van der Waals surface area contributed by atoms with Crippen LogP contribution >= 0.6 is 11.6 Å². The van der Waals surface area contributed by atoms with E-state index < -0.39 is 5.82 Å². The standard InChI is InChI=1S/C22H22ClFN2O3/c1-2-14-5-15(9-25-8-14)19(27)7-21-11-22(12-21,13-21)26-20(28)10-29-16-3-4-17(23)18(24)6-16/h3-6,8-9H,2,7,10-13H2,1H3,(H,26,28). The van der Waals surface area contributed by atoms with Crippen LogP contribution in [0.5, 0.6) is 5.75 Å². The van der Waals surface area contributed by atoms with Crippen molar-refractivity contribution in [3.05, 3.63) is 58.6 Å². The molecule has 1 aromatic heterocycles. The number of hydrogen-bond donors (Lipinski definition) is 1. The van der Waals surface area contributed by atoms with E-state index >= 15 is 0 Å². The minimum absolute atomic E-state index is 0.00714. The number of hydrogen-bond acceptors (Lipinski definition) is 4. The Labute approximate surface area is 173 Å². The molecule has 3 saturated carbocycles. The molecule has 0 saturated heterocycles. The van der Waals surface area contributed by atoms with Gasteiger partial charge in [0, 0.05) is 36.0 Å². The fourth-order valence-corrected chi connectivity index (χ4v) is 4.76. The summed E-state index contributed by atoms with van der Waals surface area (Å²) in [5.41, 5.74) is 1.48. The second-order valence-electron chi connectivity index (χ2n) is 8.26. The van der Waals surface area contributed by atoms with Gasteiger partial charge in [0.1, 0.15) is 11.6 Å². The number of nitrogens with zero attached hydrogens (tertiary/aromatic N) is 1. The second kappa shape index (κ2) is 7.41. The maximum atomic E-state index is 13.4. The third kappa shape index (κ3) is 3.99. The number of rotatable bonds is 8. The summed E-state index contributed by atoms with van der Waals surface area (Å²) < 4.78 is 18.7. The van der Waals surface area contributed by atoms with Gasteiger partial charge in [-0.1, -0.05) is 18.5 Å². The fraction of sp³-hybridized carbons (Fsp3) is 0.409. The zero-order valence-corrected chi connectivity index (χ0v) is 16.9. The molecule has 0 atom stereocenters. The molecule has 0 unspecified atom stereocenters. The molecule has 3 aliphatic rings. The zero-order valence-electron chi connectivity index (χ0n) is 16.1. The summed E-state index contributed by atoms with van der Waals surface area (Å²) in [6, 6.07) is 5.97. The van der Waals surface area contributed by atoms with Crippen molar-refractivity contribution in [1.82, 2.24) is 10.3 Å². The van der Waals surface area contributed by atoms with Crippen molar-refractivity contribution in [1.29, 1.82) is 0 Å². The van der Waals surface area contributed by atoms with Gasteiger partial charge in [-0.05, 0) is 54.9 Å². The smallest absolute Gasteiger partial charge is 0.258 e. The molecule has 1 aromatic carbocycles. The van der Waals surface area contributed by atoms with Crippen molar-refractivity contribution in [2.24, 2.45) is 5.41 Å². The maximum absolute atomic E-state index is 13.4. The Morgan fingerprint density at radius 3 is 2.69 bits per heavy atom. The predicted octanol–water partition coefficient (Wildman–Crippen LogP) is 4.13. The van der Waals surface area contributed by atoms with Gasteiger partial charge in [-0.25, -0.2) is 4.39 Å². The van der Waals surface area contributed by atoms with Gasteiger partial charge in [0.2, 0.25) is 0 Å². The normalized spacial score (nSPS) is 24.2. The number of ether oxygens (including phenoxy) is 1. The number of aryl methyl sites for hydroxylation is 1. The van der Waals surface area contributed by atoms with Crippen LogP contribution in [-0.2, 0) is 11.2 Å². The summed E-state index contributed by atoms with van der Waals surface area (Å²) in [4.78, 5) is 28.9. The summed E-state index contributed by atoms with van der Waals surface area (Å²) in [5.74, 6) is -0.472. The number of nitrogens with one attached hydrogen (secondary N) is 1. The van der Waals surface area contributed by atoms with Crippen LogP contribution in [0.3, 0.4) is 0 Å². The predicted molar refractivity (Wildman–Crippen MR) is 107 cm³/mol. The zero-order chi connectivity index (χ0) is 20.6. The highest BCUT2D eigenvalue weighted by molar-refractivity contribution is 6.30. The summed E-state index contributed by atoms with van der Waals surface area (Å²) in [6.07, 6.45) is 7.14. The van der Waals surface area contributed by atoms with Crippen LogP contribution in [0.1, 0.15) is 48.5 Å². The van der Waals surface area contributed by atoms with Crippen LogP contribution in [0, 0.1) is 11.2 Å². The lowest BCUT2D eigenvalue weighted by Crippen LogP contribution is -2.75. The molecule has 5 rings (SSSR count). The molecule has 2 bridgehead atoms. The van der Waals surface area contributed by atoms with Crippen LogP contribution in [0.15, 0.2) is 36.7 Å². The number of halogens is 2. The number of amides is 1. The molecule has 1 N–H and O–H groups in total. The first-order valence-corrected chi connectivity index (χ1v) is 10.1. The van der Waals surface area contributed by atoms with E-state index in [0.717, 1.165) is 37.3 Å². The van der Waals surface area contributed by atoms with Gasteiger partial charge in [0.15, 0.2) is 12.4 Å². The number of ketones is 1.